The number of hydrogen-bond acceptors (Lipinski definition) is 4. The van der Waals surface area contributed by atoms with Gasteiger partial charge in [-0.2, -0.15) is 0 Å². The predicted octanol–water partition coefficient (Wildman–Crippen LogP) is -0.584. The molecule has 0 aromatic heterocycles. The van der Waals surface area contributed by atoms with E-state index in [1.54, 1.807) is 0 Å². The lowest BCUT2D eigenvalue weighted by Gasteiger charge is -2.26. The molecular weight excluding hydrogens is 184 g/mol. The predicted molar refractivity (Wildman–Crippen MR) is 50.6 cm³/mol. The van der Waals surface area contributed by atoms with Gasteiger partial charge in [-0.25, -0.2) is 0 Å². The summed E-state index contributed by atoms with van der Waals surface area (Å²) in [4.78, 5) is 22.3. The molecule has 0 spiro atoms. The number of hydrogen-bond donors (Lipinski definition) is 2. The highest BCUT2D eigenvalue weighted by atomic mass is 16.6. The van der Waals surface area contributed by atoms with Gasteiger partial charge in [0.2, 0.25) is 5.91 Å². The number of rotatable bonds is 1. The molecule has 0 bridgehead atoms. The van der Waals surface area contributed by atoms with Crippen molar-refractivity contribution in [3.05, 3.63) is 0 Å². The Morgan fingerprint density at radius 3 is 2.57 bits per heavy atom. The Morgan fingerprint density at radius 1 is 1.50 bits per heavy atom. The van der Waals surface area contributed by atoms with E-state index in [-0.39, 0.29) is 18.4 Å². The van der Waals surface area contributed by atoms with Gasteiger partial charge in [-0.1, -0.05) is 0 Å². The first kappa shape index (κ1) is 11.0. The van der Waals surface area contributed by atoms with E-state index < -0.39 is 11.6 Å². The highest BCUT2D eigenvalue weighted by Gasteiger charge is 2.28. The molecule has 5 heteroatoms. The highest BCUT2D eigenvalue weighted by molar-refractivity contribution is 5.84. The second kappa shape index (κ2) is 3.96. The maximum absolute atomic E-state index is 11.5. The van der Waals surface area contributed by atoms with Crippen LogP contribution in [0.2, 0.25) is 0 Å². The minimum Gasteiger partial charge on any atom is -0.459 e. The van der Waals surface area contributed by atoms with Crippen LogP contribution in [0.5, 0.6) is 0 Å². The highest BCUT2D eigenvalue weighted by Crippen LogP contribution is 2.08. The Bertz CT molecular complexity index is 235. The van der Waals surface area contributed by atoms with Gasteiger partial charge >= 0.3 is 5.97 Å². The lowest BCUT2D eigenvalue weighted by atomic mass is 10.2. The van der Waals surface area contributed by atoms with Gasteiger partial charge in [-0.15, -0.1) is 0 Å². The molecule has 5 nitrogen and oxygen atoms in total. The third-order valence-electron chi connectivity index (χ3n) is 1.70. The van der Waals surface area contributed by atoms with Gasteiger partial charge in [0, 0.05) is 6.54 Å². The molecular formula is C9H16N2O3. The van der Waals surface area contributed by atoms with Gasteiger partial charge < -0.3 is 10.1 Å². The fourth-order valence-corrected chi connectivity index (χ4v) is 1.11. The molecule has 0 radical (unpaired) electrons. The quantitative estimate of drug-likeness (QED) is 0.555. The van der Waals surface area contributed by atoms with E-state index in [0.29, 0.717) is 6.54 Å². The number of ether oxygens (including phenoxy) is 1. The molecule has 1 aliphatic heterocycles. The van der Waals surface area contributed by atoms with Crippen LogP contribution in [0.15, 0.2) is 0 Å². The molecule has 1 rings (SSSR count). The summed E-state index contributed by atoms with van der Waals surface area (Å²) < 4.78 is 5.16. The second-order valence-corrected chi connectivity index (χ2v) is 4.27. The van der Waals surface area contributed by atoms with Gasteiger partial charge in [0.25, 0.3) is 0 Å². The molecule has 1 atom stereocenters. The van der Waals surface area contributed by atoms with Gasteiger partial charge in [0.15, 0.2) is 0 Å². The number of carbonyl (C=O) groups is 2. The van der Waals surface area contributed by atoms with Crippen molar-refractivity contribution in [2.75, 3.05) is 13.1 Å². The zero-order valence-electron chi connectivity index (χ0n) is 8.72. The molecule has 2 N–H and O–H groups in total. The van der Waals surface area contributed by atoms with Crippen LogP contribution in [0.4, 0.5) is 0 Å². The topological polar surface area (TPSA) is 67.4 Å². The third kappa shape index (κ3) is 3.33. The van der Waals surface area contributed by atoms with Gasteiger partial charge in [0.05, 0.1) is 6.54 Å². The average Bonchev–Trinajstić information content (AvgIpc) is 2.02. The first-order valence-electron chi connectivity index (χ1n) is 4.61. The van der Waals surface area contributed by atoms with Crippen molar-refractivity contribution < 1.29 is 14.3 Å². The minimum absolute atomic E-state index is 0.0928. The van der Waals surface area contributed by atoms with Crippen molar-refractivity contribution in [1.29, 1.82) is 0 Å². The molecule has 14 heavy (non-hydrogen) atoms. The third-order valence-corrected chi connectivity index (χ3v) is 1.70. The second-order valence-electron chi connectivity index (χ2n) is 4.27. The Kier molecular flexibility index (Phi) is 3.10. The average molecular weight is 200 g/mol. The van der Waals surface area contributed by atoms with E-state index in [2.05, 4.69) is 10.6 Å². The summed E-state index contributed by atoms with van der Waals surface area (Å²) in [6.45, 7) is 5.91. The van der Waals surface area contributed by atoms with E-state index in [0.717, 1.165) is 0 Å². The molecule has 0 aliphatic carbocycles. The first-order chi connectivity index (χ1) is 6.38. The molecule has 80 valence electrons. The summed E-state index contributed by atoms with van der Waals surface area (Å²) in [5.74, 6) is -0.415. The van der Waals surface area contributed by atoms with E-state index in [9.17, 15) is 9.59 Å². The van der Waals surface area contributed by atoms with Crippen molar-refractivity contribution in [1.82, 2.24) is 10.6 Å². The summed E-state index contributed by atoms with van der Waals surface area (Å²) in [5.41, 5.74) is -0.486. The zero-order valence-corrected chi connectivity index (χ0v) is 8.72. The lowest BCUT2D eigenvalue weighted by Crippen LogP contribution is -2.56. The van der Waals surface area contributed by atoms with Gasteiger partial charge in [0.1, 0.15) is 11.6 Å². The fraction of sp³-hybridized carbons (Fsp3) is 0.778. The van der Waals surface area contributed by atoms with Crippen molar-refractivity contribution in [2.24, 2.45) is 0 Å². The van der Waals surface area contributed by atoms with Gasteiger partial charge in [-0.05, 0) is 20.8 Å². The first-order valence-corrected chi connectivity index (χ1v) is 4.61. The van der Waals surface area contributed by atoms with Gasteiger partial charge in [-0.3, -0.25) is 14.9 Å². The van der Waals surface area contributed by atoms with Crippen molar-refractivity contribution in [2.45, 2.75) is 32.4 Å². The molecule has 1 heterocycles. The zero-order chi connectivity index (χ0) is 10.8. The van der Waals surface area contributed by atoms with Crippen LogP contribution < -0.4 is 10.6 Å². The summed E-state index contributed by atoms with van der Waals surface area (Å²) in [5, 5.41) is 5.40. The minimum atomic E-state index is -0.486. The Hall–Kier alpha value is -1.10. The number of piperazine rings is 1. The van der Waals surface area contributed by atoms with E-state index in [1.165, 1.54) is 0 Å². The molecule has 1 saturated heterocycles. The maximum Gasteiger partial charge on any atom is 0.325 e. The van der Waals surface area contributed by atoms with Crippen LogP contribution in [-0.2, 0) is 14.3 Å². The van der Waals surface area contributed by atoms with Crippen molar-refractivity contribution >= 4 is 11.9 Å². The number of esters is 1. The standard InChI is InChI=1S/C9H16N2O3/c1-9(2,3)14-8(13)6-4-11-7(12)5-10-6/h6,10H,4-5H2,1-3H3,(H,11,12). The van der Waals surface area contributed by atoms with E-state index >= 15 is 0 Å². The largest absolute Gasteiger partial charge is 0.459 e. The Labute approximate surface area is 83.2 Å². The number of amides is 1. The monoisotopic (exact) mass is 200 g/mol. The summed E-state index contributed by atoms with van der Waals surface area (Å²) >= 11 is 0. The van der Waals surface area contributed by atoms with Crippen LogP contribution >= 0.6 is 0 Å². The number of nitrogens with one attached hydrogen (secondary N) is 2. The molecule has 1 fully saturated rings. The molecule has 1 unspecified atom stereocenters. The van der Waals surface area contributed by atoms with Crippen LogP contribution in [0.25, 0.3) is 0 Å². The lowest BCUT2D eigenvalue weighted by molar-refractivity contribution is -0.157. The van der Waals surface area contributed by atoms with Crippen LogP contribution in [0, 0.1) is 0 Å². The van der Waals surface area contributed by atoms with E-state index in [1.807, 2.05) is 20.8 Å². The van der Waals surface area contributed by atoms with Crippen molar-refractivity contribution in [3.63, 3.8) is 0 Å². The molecule has 0 aromatic rings. The molecule has 0 saturated carbocycles. The van der Waals surface area contributed by atoms with E-state index in [4.69, 9.17) is 4.74 Å². The molecule has 1 aliphatic rings. The SMILES string of the molecule is CC(C)(C)OC(=O)C1CNC(=O)CN1. The van der Waals surface area contributed by atoms with Crippen LogP contribution in [0.1, 0.15) is 20.8 Å². The Balaban J connectivity index is 2.42. The normalized spacial score (nSPS) is 22.8. The smallest absolute Gasteiger partial charge is 0.325 e. The fourth-order valence-electron chi connectivity index (χ4n) is 1.11. The number of carbonyl (C=O) groups excluding carboxylic acids is 2. The summed E-state index contributed by atoms with van der Waals surface area (Å²) in [6.07, 6.45) is 0. The summed E-state index contributed by atoms with van der Waals surface area (Å²) in [6, 6.07) is -0.424. The Morgan fingerprint density at radius 2 is 2.14 bits per heavy atom. The van der Waals surface area contributed by atoms with Crippen LogP contribution in [-0.4, -0.2) is 36.6 Å². The van der Waals surface area contributed by atoms with Crippen molar-refractivity contribution in [3.8, 4) is 0 Å². The molecule has 1 amide bonds. The molecule has 0 aromatic carbocycles. The summed E-state index contributed by atoms with van der Waals surface area (Å²) in [7, 11) is 0. The van der Waals surface area contributed by atoms with Crippen LogP contribution in [0.3, 0.4) is 0 Å². The maximum atomic E-state index is 11.5.